The van der Waals surface area contributed by atoms with E-state index in [9.17, 15) is 4.39 Å². The molecule has 144 valence electrons. The molecule has 0 unspecified atom stereocenters. The van der Waals surface area contributed by atoms with Crippen LogP contribution in [0.2, 0.25) is 0 Å². The molecule has 6 heteroatoms. The molecule has 30 heavy (non-hydrogen) atoms. The van der Waals surface area contributed by atoms with E-state index in [0.717, 1.165) is 49.9 Å². The Hall–Kier alpha value is -4.19. The van der Waals surface area contributed by atoms with Crippen molar-refractivity contribution in [2.45, 2.75) is 0 Å². The average Bonchev–Trinajstić information content (AvgIpc) is 3.51. The van der Waals surface area contributed by atoms with Crippen molar-refractivity contribution in [1.82, 2.24) is 25.4 Å². The second-order valence-electron chi connectivity index (χ2n) is 7.25. The molecule has 0 saturated heterocycles. The Morgan fingerprint density at radius 3 is 2.53 bits per heavy atom. The van der Waals surface area contributed by atoms with Gasteiger partial charge in [-0.25, -0.2) is 4.39 Å². The first kappa shape index (κ1) is 16.7. The van der Waals surface area contributed by atoms with Crippen LogP contribution in [-0.4, -0.2) is 25.4 Å². The first-order valence-electron chi connectivity index (χ1n) is 9.62. The Morgan fingerprint density at radius 1 is 0.767 bits per heavy atom. The molecule has 3 aromatic carbocycles. The smallest absolute Gasteiger partial charge is 0.131 e. The summed E-state index contributed by atoms with van der Waals surface area (Å²) < 4.78 is 14.4. The van der Waals surface area contributed by atoms with Crippen molar-refractivity contribution in [3.8, 4) is 33.6 Å². The summed E-state index contributed by atoms with van der Waals surface area (Å²) in [7, 11) is 0. The van der Waals surface area contributed by atoms with Gasteiger partial charge in [0.05, 0.1) is 17.4 Å². The first-order chi connectivity index (χ1) is 14.8. The molecule has 6 aromatic rings. The molecular weight excluding hydrogens is 377 g/mol. The number of H-pyrrole nitrogens is 3. The Bertz CT molecular complexity index is 1510. The van der Waals surface area contributed by atoms with E-state index >= 15 is 0 Å². The van der Waals surface area contributed by atoms with Crippen molar-refractivity contribution in [1.29, 1.82) is 0 Å². The van der Waals surface area contributed by atoms with E-state index in [4.69, 9.17) is 0 Å². The fourth-order valence-corrected chi connectivity index (χ4v) is 4.00. The van der Waals surface area contributed by atoms with Gasteiger partial charge in [-0.2, -0.15) is 10.2 Å². The van der Waals surface area contributed by atoms with Crippen LogP contribution >= 0.6 is 0 Å². The molecular formula is C24H16FN5. The third-order valence-electron chi connectivity index (χ3n) is 5.48. The van der Waals surface area contributed by atoms with Gasteiger partial charge in [0.25, 0.3) is 0 Å². The van der Waals surface area contributed by atoms with Gasteiger partial charge < -0.3 is 4.98 Å². The number of rotatable bonds is 3. The van der Waals surface area contributed by atoms with Gasteiger partial charge in [0.2, 0.25) is 0 Å². The molecule has 0 amide bonds. The summed E-state index contributed by atoms with van der Waals surface area (Å²) in [6.45, 7) is 0. The van der Waals surface area contributed by atoms with Crippen molar-refractivity contribution < 1.29 is 4.39 Å². The predicted molar refractivity (Wildman–Crippen MR) is 116 cm³/mol. The summed E-state index contributed by atoms with van der Waals surface area (Å²) in [4.78, 5) is 3.45. The summed E-state index contributed by atoms with van der Waals surface area (Å²) in [6.07, 6.45) is 3.66. The Morgan fingerprint density at radius 2 is 1.67 bits per heavy atom. The van der Waals surface area contributed by atoms with Gasteiger partial charge >= 0.3 is 0 Å². The maximum absolute atomic E-state index is 14.4. The largest absolute Gasteiger partial charge is 0.353 e. The number of halogens is 1. The number of nitrogens with one attached hydrogen (secondary N) is 3. The van der Waals surface area contributed by atoms with Crippen LogP contribution in [0.25, 0.3) is 55.4 Å². The van der Waals surface area contributed by atoms with Gasteiger partial charge in [-0.05, 0) is 41.5 Å². The molecule has 0 spiro atoms. The molecule has 0 aliphatic carbocycles. The van der Waals surface area contributed by atoms with Crippen molar-refractivity contribution in [3.05, 3.63) is 84.9 Å². The molecule has 0 bridgehead atoms. The van der Waals surface area contributed by atoms with Gasteiger partial charge in [0, 0.05) is 33.6 Å². The van der Waals surface area contributed by atoms with Crippen LogP contribution in [-0.2, 0) is 0 Å². The molecule has 0 radical (unpaired) electrons. The van der Waals surface area contributed by atoms with Crippen molar-refractivity contribution >= 4 is 21.8 Å². The topological polar surface area (TPSA) is 73.2 Å². The molecule has 0 aliphatic rings. The van der Waals surface area contributed by atoms with Gasteiger partial charge in [-0.3, -0.25) is 10.2 Å². The summed E-state index contributed by atoms with van der Waals surface area (Å²) >= 11 is 0. The summed E-state index contributed by atoms with van der Waals surface area (Å²) in [5.41, 5.74) is 7.10. The number of nitrogens with zero attached hydrogens (tertiary/aromatic N) is 2. The van der Waals surface area contributed by atoms with Crippen LogP contribution in [0.4, 0.5) is 4.39 Å². The van der Waals surface area contributed by atoms with Crippen LogP contribution < -0.4 is 0 Å². The van der Waals surface area contributed by atoms with Crippen LogP contribution in [0.15, 0.2) is 79.1 Å². The van der Waals surface area contributed by atoms with E-state index in [1.54, 1.807) is 18.3 Å². The minimum absolute atomic E-state index is 0.234. The number of benzene rings is 3. The van der Waals surface area contributed by atoms with Gasteiger partial charge in [-0.1, -0.05) is 36.4 Å². The molecule has 6 rings (SSSR count). The molecule has 0 atom stereocenters. The lowest BCUT2D eigenvalue weighted by Gasteiger charge is -2.04. The maximum atomic E-state index is 14.4. The monoisotopic (exact) mass is 393 g/mol. The van der Waals surface area contributed by atoms with E-state index in [1.165, 1.54) is 6.07 Å². The molecule has 3 heterocycles. The fraction of sp³-hybridized carbons (Fsp3) is 0. The summed E-state index contributed by atoms with van der Waals surface area (Å²) in [5.74, 6) is -0.234. The number of aromatic nitrogens is 5. The predicted octanol–water partition coefficient (Wildman–Crippen LogP) is 5.91. The van der Waals surface area contributed by atoms with Crippen molar-refractivity contribution in [2.24, 2.45) is 0 Å². The SMILES string of the molecule is Fc1ccccc1-c1cccc2[nH]c(-c3n[nH]c4ccc(-c5cn[nH]c5)cc34)cc12. The highest BCUT2D eigenvalue weighted by molar-refractivity contribution is 6.01. The summed E-state index contributed by atoms with van der Waals surface area (Å²) in [5, 5.41) is 16.5. The number of fused-ring (bicyclic) bond motifs is 2. The molecule has 0 aliphatic heterocycles. The summed E-state index contributed by atoms with van der Waals surface area (Å²) in [6, 6.07) is 20.9. The highest BCUT2D eigenvalue weighted by atomic mass is 19.1. The Labute approximate surface area is 170 Å². The van der Waals surface area contributed by atoms with E-state index in [0.29, 0.717) is 5.56 Å². The molecule has 5 nitrogen and oxygen atoms in total. The van der Waals surface area contributed by atoms with Crippen molar-refractivity contribution in [3.63, 3.8) is 0 Å². The average molecular weight is 393 g/mol. The lowest BCUT2D eigenvalue weighted by molar-refractivity contribution is 0.631. The molecule has 0 fully saturated rings. The maximum Gasteiger partial charge on any atom is 0.131 e. The second kappa shape index (κ2) is 6.42. The van der Waals surface area contributed by atoms with Crippen molar-refractivity contribution in [2.75, 3.05) is 0 Å². The number of hydrogen-bond donors (Lipinski definition) is 3. The standard InChI is InChI=1S/C24H16FN5/c25-20-6-2-1-4-17(20)16-5-3-7-21-18(16)11-23(28-21)24-19-10-14(15-12-26-27-13-15)8-9-22(19)29-30-24/h1-13,28H,(H,26,27)(H,29,30). The fourth-order valence-electron chi connectivity index (χ4n) is 4.00. The van der Waals surface area contributed by atoms with Crippen LogP contribution in [0.1, 0.15) is 0 Å². The molecule has 3 aromatic heterocycles. The Kier molecular flexibility index (Phi) is 3.58. The zero-order valence-electron chi connectivity index (χ0n) is 15.8. The van der Waals surface area contributed by atoms with Gasteiger partial charge in [-0.15, -0.1) is 0 Å². The van der Waals surface area contributed by atoms with Crippen LogP contribution in [0.3, 0.4) is 0 Å². The van der Waals surface area contributed by atoms with Gasteiger partial charge in [0.1, 0.15) is 11.5 Å². The number of aromatic amines is 3. The lowest BCUT2D eigenvalue weighted by atomic mass is 10.0. The quantitative estimate of drug-likeness (QED) is 0.350. The van der Waals surface area contributed by atoms with Crippen LogP contribution in [0, 0.1) is 5.82 Å². The zero-order valence-corrected chi connectivity index (χ0v) is 15.8. The van der Waals surface area contributed by atoms with E-state index in [1.807, 2.05) is 48.7 Å². The Balaban J connectivity index is 1.54. The highest BCUT2D eigenvalue weighted by Gasteiger charge is 2.15. The normalized spacial score (nSPS) is 11.5. The van der Waals surface area contributed by atoms with E-state index in [2.05, 4.69) is 31.4 Å². The highest BCUT2D eigenvalue weighted by Crippen LogP contribution is 2.35. The third kappa shape index (κ3) is 2.54. The molecule has 0 saturated carbocycles. The third-order valence-corrected chi connectivity index (χ3v) is 5.48. The number of hydrogen-bond acceptors (Lipinski definition) is 2. The first-order valence-corrected chi connectivity index (χ1v) is 9.62. The zero-order chi connectivity index (χ0) is 20.1. The van der Waals surface area contributed by atoms with E-state index in [-0.39, 0.29) is 5.82 Å². The second-order valence-corrected chi connectivity index (χ2v) is 7.25. The minimum Gasteiger partial charge on any atom is -0.353 e. The molecule has 3 N–H and O–H groups in total. The lowest BCUT2D eigenvalue weighted by Crippen LogP contribution is -1.83. The van der Waals surface area contributed by atoms with E-state index < -0.39 is 0 Å². The van der Waals surface area contributed by atoms with Crippen LogP contribution in [0.5, 0.6) is 0 Å². The van der Waals surface area contributed by atoms with Gasteiger partial charge in [0.15, 0.2) is 0 Å². The minimum atomic E-state index is -0.234.